The predicted molar refractivity (Wildman–Crippen MR) is 55.8 cm³/mol. The number of nitrogens with zero attached hydrogens (tertiary/aromatic N) is 1. The Morgan fingerprint density at radius 2 is 2.25 bits per heavy atom. The standard InChI is InChI=1S/C11H13NO4/c1-15-9-5-12-10(16-2)4-7(9)6-3-8(6)11(13)14/h4-6,8H,3H2,1-2H3,(H,13,14). The summed E-state index contributed by atoms with van der Waals surface area (Å²) in [4.78, 5) is 14.8. The lowest BCUT2D eigenvalue weighted by Crippen LogP contribution is -2.01. The second kappa shape index (κ2) is 4.00. The normalized spacial score (nSPS) is 22.6. The van der Waals surface area contributed by atoms with Crippen LogP contribution in [0.1, 0.15) is 17.9 Å². The van der Waals surface area contributed by atoms with Gasteiger partial charge in [0.05, 0.1) is 26.3 Å². The number of rotatable bonds is 4. The van der Waals surface area contributed by atoms with Crippen molar-refractivity contribution >= 4 is 5.97 Å². The van der Waals surface area contributed by atoms with Gasteiger partial charge in [0.1, 0.15) is 5.75 Å². The van der Waals surface area contributed by atoms with E-state index in [0.717, 1.165) is 5.56 Å². The largest absolute Gasteiger partial charge is 0.495 e. The lowest BCUT2D eigenvalue weighted by atomic mass is 10.1. The molecule has 86 valence electrons. The van der Waals surface area contributed by atoms with Gasteiger partial charge >= 0.3 is 5.97 Å². The van der Waals surface area contributed by atoms with Crippen LogP contribution in [0.15, 0.2) is 12.3 Å². The molecular weight excluding hydrogens is 210 g/mol. The Bertz CT molecular complexity index is 418. The van der Waals surface area contributed by atoms with Gasteiger partial charge in [0.15, 0.2) is 0 Å². The first-order chi connectivity index (χ1) is 7.67. The number of carbonyl (C=O) groups is 1. The molecule has 2 unspecified atom stereocenters. The number of aliphatic carboxylic acids is 1. The maximum Gasteiger partial charge on any atom is 0.307 e. The predicted octanol–water partition coefficient (Wildman–Crippen LogP) is 1.29. The SMILES string of the molecule is COc1cc(C2CC2C(=O)O)c(OC)cn1. The van der Waals surface area contributed by atoms with Crippen molar-refractivity contribution in [3.8, 4) is 11.6 Å². The van der Waals surface area contributed by atoms with Crippen LogP contribution in [-0.2, 0) is 4.79 Å². The van der Waals surface area contributed by atoms with Crippen molar-refractivity contribution in [3.05, 3.63) is 17.8 Å². The molecule has 1 aliphatic rings. The molecule has 1 saturated carbocycles. The third kappa shape index (κ3) is 1.80. The van der Waals surface area contributed by atoms with Crippen LogP contribution in [0.4, 0.5) is 0 Å². The van der Waals surface area contributed by atoms with Crippen molar-refractivity contribution in [2.75, 3.05) is 14.2 Å². The monoisotopic (exact) mass is 223 g/mol. The molecule has 16 heavy (non-hydrogen) atoms. The number of methoxy groups -OCH3 is 2. The van der Waals surface area contributed by atoms with Gasteiger partial charge in [-0.2, -0.15) is 0 Å². The number of aromatic nitrogens is 1. The molecule has 0 radical (unpaired) electrons. The van der Waals surface area contributed by atoms with E-state index in [9.17, 15) is 4.79 Å². The van der Waals surface area contributed by atoms with Gasteiger partial charge in [0.25, 0.3) is 0 Å². The topological polar surface area (TPSA) is 68.7 Å². The summed E-state index contributed by atoms with van der Waals surface area (Å²) in [5.74, 6) is 0.0505. The maximum absolute atomic E-state index is 10.8. The van der Waals surface area contributed by atoms with Crippen LogP contribution >= 0.6 is 0 Å². The van der Waals surface area contributed by atoms with E-state index >= 15 is 0 Å². The van der Waals surface area contributed by atoms with Crippen molar-refractivity contribution in [1.29, 1.82) is 0 Å². The molecule has 0 saturated heterocycles. The highest BCUT2D eigenvalue weighted by Crippen LogP contribution is 2.50. The first-order valence-corrected chi connectivity index (χ1v) is 4.98. The minimum absolute atomic E-state index is 0.0179. The van der Waals surface area contributed by atoms with Gasteiger partial charge in [-0.25, -0.2) is 4.98 Å². The molecule has 5 heteroatoms. The number of carboxylic acid groups (broad SMARTS) is 1. The van der Waals surface area contributed by atoms with Crippen molar-refractivity contribution < 1.29 is 19.4 Å². The Hall–Kier alpha value is -1.78. The molecule has 1 N–H and O–H groups in total. The molecule has 0 bridgehead atoms. The molecule has 1 aromatic heterocycles. The summed E-state index contributed by atoms with van der Waals surface area (Å²) in [7, 11) is 3.07. The summed E-state index contributed by atoms with van der Waals surface area (Å²) in [6.07, 6.45) is 2.21. The van der Waals surface area contributed by atoms with Gasteiger partial charge in [-0.3, -0.25) is 4.79 Å². The third-order valence-electron chi connectivity index (χ3n) is 2.81. The molecular formula is C11H13NO4. The highest BCUT2D eigenvalue weighted by molar-refractivity contribution is 5.75. The van der Waals surface area contributed by atoms with E-state index in [-0.39, 0.29) is 11.8 Å². The molecule has 0 spiro atoms. The molecule has 1 fully saturated rings. The Kier molecular flexibility index (Phi) is 2.68. The smallest absolute Gasteiger partial charge is 0.307 e. The first-order valence-electron chi connectivity index (χ1n) is 4.98. The van der Waals surface area contributed by atoms with Crippen molar-refractivity contribution in [2.45, 2.75) is 12.3 Å². The van der Waals surface area contributed by atoms with Gasteiger partial charge in [-0.05, 0) is 6.42 Å². The maximum atomic E-state index is 10.8. The minimum atomic E-state index is -0.761. The average molecular weight is 223 g/mol. The summed E-state index contributed by atoms with van der Waals surface area (Å²) in [5, 5.41) is 8.89. The molecule has 0 aliphatic heterocycles. The van der Waals surface area contributed by atoms with E-state index in [2.05, 4.69) is 4.98 Å². The zero-order chi connectivity index (χ0) is 11.7. The average Bonchev–Trinajstić information content (AvgIpc) is 3.08. The summed E-state index contributed by atoms with van der Waals surface area (Å²) >= 11 is 0. The van der Waals surface area contributed by atoms with Crippen molar-refractivity contribution in [3.63, 3.8) is 0 Å². The summed E-state index contributed by atoms with van der Waals surface area (Å²) in [5.41, 5.74) is 0.863. The van der Waals surface area contributed by atoms with Crippen LogP contribution in [0, 0.1) is 5.92 Å². The van der Waals surface area contributed by atoms with Gasteiger partial charge < -0.3 is 14.6 Å². The molecule has 5 nitrogen and oxygen atoms in total. The van der Waals surface area contributed by atoms with Gasteiger partial charge in [-0.15, -0.1) is 0 Å². The fourth-order valence-corrected chi connectivity index (χ4v) is 1.82. The molecule has 0 aromatic carbocycles. The number of pyridine rings is 1. The van der Waals surface area contributed by atoms with E-state index in [4.69, 9.17) is 14.6 Å². The lowest BCUT2D eigenvalue weighted by Gasteiger charge is -2.08. The molecule has 2 rings (SSSR count). The van der Waals surface area contributed by atoms with Crippen molar-refractivity contribution in [1.82, 2.24) is 4.98 Å². The minimum Gasteiger partial charge on any atom is -0.495 e. The second-order valence-corrected chi connectivity index (χ2v) is 3.76. The van der Waals surface area contributed by atoms with E-state index < -0.39 is 5.97 Å². The zero-order valence-electron chi connectivity index (χ0n) is 9.14. The first kappa shape index (κ1) is 10.7. The zero-order valence-corrected chi connectivity index (χ0v) is 9.14. The third-order valence-corrected chi connectivity index (χ3v) is 2.81. The van der Waals surface area contributed by atoms with Crippen LogP contribution < -0.4 is 9.47 Å². The fourth-order valence-electron chi connectivity index (χ4n) is 1.82. The highest BCUT2D eigenvalue weighted by atomic mass is 16.5. The Balaban J connectivity index is 2.28. The van der Waals surface area contributed by atoms with E-state index in [1.165, 1.54) is 7.11 Å². The second-order valence-electron chi connectivity index (χ2n) is 3.76. The number of carboxylic acids is 1. The van der Waals surface area contributed by atoms with Gasteiger partial charge in [0.2, 0.25) is 5.88 Å². The Morgan fingerprint density at radius 1 is 1.50 bits per heavy atom. The van der Waals surface area contributed by atoms with Crippen molar-refractivity contribution in [2.24, 2.45) is 5.92 Å². The molecule has 1 aliphatic carbocycles. The molecule has 2 atom stereocenters. The van der Waals surface area contributed by atoms with Gasteiger partial charge in [0, 0.05) is 17.5 Å². The van der Waals surface area contributed by atoms with E-state index in [1.54, 1.807) is 19.4 Å². The molecule has 1 aromatic rings. The van der Waals surface area contributed by atoms with E-state index in [1.807, 2.05) is 0 Å². The highest BCUT2D eigenvalue weighted by Gasteiger charge is 2.45. The van der Waals surface area contributed by atoms with Crippen LogP contribution in [0.5, 0.6) is 11.6 Å². The quantitative estimate of drug-likeness (QED) is 0.832. The summed E-state index contributed by atoms with van der Waals surface area (Å²) in [6, 6.07) is 1.74. The number of hydrogen-bond acceptors (Lipinski definition) is 4. The summed E-state index contributed by atoms with van der Waals surface area (Å²) in [6.45, 7) is 0. The molecule has 0 amide bonds. The van der Waals surface area contributed by atoms with E-state index in [0.29, 0.717) is 18.1 Å². The van der Waals surface area contributed by atoms with Crippen LogP contribution in [0.3, 0.4) is 0 Å². The van der Waals surface area contributed by atoms with Gasteiger partial charge in [-0.1, -0.05) is 0 Å². The number of ether oxygens (including phenoxy) is 2. The van der Waals surface area contributed by atoms with Crippen LogP contribution in [-0.4, -0.2) is 30.3 Å². The van der Waals surface area contributed by atoms with Crippen LogP contribution in [0.25, 0.3) is 0 Å². The Morgan fingerprint density at radius 3 is 2.75 bits per heavy atom. The summed E-state index contributed by atoms with van der Waals surface area (Å²) < 4.78 is 10.2. The number of hydrogen-bond donors (Lipinski definition) is 1. The molecule has 1 heterocycles. The van der Waals surface area contributed by atoms with Crippen LogP contribution in [0.2, 0.25) is 0 Å². The Labute approximate surface area is 93.0 Å². The fraction of sp³-hybridized carbons (Fsp3) is 0.455. The lowest BCUT2D eigenvalue weighted by molar-refractivity contribution is -0.138.